The molecule has 0 fully saturated rings. The normalized spacial score (nSPS) is 17.0. The van der Waals surface area contributed by atoms with Gasteiger partial charge in [-0.15, -0.1) is 0 Å². The number of amides is 1. The van der Waals surface area contributed by atoms with Crippen LogP contribution in [0.1, 0.15) is 65.9 Å². The Morgan fingerprint density at radius 2 is 2.12 bits per heavy atom. The molecule has 0 saturated carbocycles. The molecule has 0 bridgehead atoms. The molecule has 0 saturated heterocycles. The van der Waals surface area contributed by atoms with Gasteiger partial charge in [0.2, 0.25) is 0 Å². The summed E-state index contributed by atoms with van der Waals surface area (Å²) in [5.74, 6) is 0.621. The molecule has 6 heteroatoms. The zero-order valence-electron chi connectivity index (χ0n) is 16.2. The van der Waals surface area contributed by atoms with E-state index in [1.807, 2.05) is 23.6 Å². The topological polar surface area (TPSA) is 66.8 Å². The Morgan fingerprint density at radius 1 is 1.40 bits per heavy atom. The highest BCUT2D eigenvalue weighted by Crippen LogP contribution is 2.28. The molecule has 0 spiro atoms. The van der Waals surface area contributed by atoms with Gasteiger partial charge in [0.05, 0.1) is 5.69 Å². The fraction of sp³-hybridized carbons (Fsp3) is 0.632. The molecule has 1 amide bonds. The summed E-state index contributed by atoms with van der Waals surface area (Å²) in [6.45, 7) is 11.0. The average molecular weight is 343 g/mol. The fourth-order valence-corrected chi connectivity index (χ4v) is 3.69. The van der Waals surface area contributed by atoms with Crippen molar-refractivity contribution < 1.29 is 4.79 Å². The van der Waals surface area contributed by atoms with Crippen LogP contribution < -0.4 is 0 Å². The Bertz CT molecular complexity index is 786. The summed E-state index contributed by atoms with van der Waals surface area (Å²) in [6.07, 6.45) is 3.08. The first-order chi connectivity index (χ1) is 11.8. The summed E-state index contributed by atoms with van der Waals surface area (Å²) in [5.41, 5.74) is 6.08. The van der Waals surface area contributed by atoms with Gasteiger partial charge in [-0.25, -0.2) is 0 Å². The zero-order chi connectivity index (χ0) is 18.3. The lowest BCUT2D eigenvalue weighted by Crippen LogP contribution is -2.37. The second-order valence-electron chi connectivity index (χ2n) is 7.68. The van der Waals surface area contributed by atoms with E-state index >= 15 is 0 Å². The fourth-order valence-electron chi connectivity index (χ4n) is 3.69. The molecule has 2 aromatic rings. The highest BCUT2D eigenvalue weighted by molar-refractivity contribution is 5.94. The number of carbonyl (C=O) groups is 1. The lowest BCUT2D eigenvalue weighted by molar-refractivity contribution is 0.0682. The maximum atomic E-state index is 13.3. The third kappa shape index (κ3) is 3.22. The summed E-state index contributed by atoms with van der Waals surface area (Å²) >= 11 is 0. The van der Waals surface area contributed by atoms with Gasteiger partial charge in [0.1, 0.15) is 0 Å². The van der Waals surface area contributed by atoms with E-state index in [-0.39, 0.29) is 11.9 Å². The van der Waals surface area contributed by atoms with Crippen molar-refractivity contribution in [1.82, 2.24) is 24.9 Å². The molecule has 1 aliphatic rings. The van der Waals surface area contributed by atoms with E-state index in [4.69, 9.17) is 0 Å². The Hall–Kier alpha value is -2.11. The van der Waals surface area contributed by atoms with Crippen LogP contribution in [0.25, 0.3) is 0 Å². The van der Waals surface area contributed by atoms with Gasteiger partial charge in [0.25, 0.3) is 5.91 Å². The van der Waals surface area contributed by atoms with Crippen LogP contribution in [0.15, 0.2) is 0 Å². The summed E-state index contributed by atoms with van der Waals surface area (Å²) in [7, 11) is 1.94. The number of nitrogens with zero attached hydrogens (tertiary/aromatic N) is 4. The van der Waals surface area contributed by atoms with E-state index in [1.165, 1.54) is 0 Å². The van der Waals surface area contributed by atoms with Gasteiger partial charge >= 0.3 is 0 Å². The smallest absolute Gasteiger partial charge is 0.275 e. The minimum atomic E-state index is 0.0178. The van der Waals surface area contributed by atoms with Crippen molar-refractivity contribution in [3.05, 3.63) is 33.9 Å². The van der Waals surface area contributed by atoms with Gasteiger partial charge in [0, 0.05) is 42.1 Å². The summed E-state index contributed by atoms with van der Waals surface area (Å²) in [4.78, 5) is 15.2. The van der Waals surface area contributed by atoms with Crippen molar-refractivity contribution in [2.45, 2.75) is 66.5 Å². The van der Waals surface area contributed by atoms with Gasteiger partial charge in [0.15, 0.2) is 5.69 Å². The van der Waals surface area contributed by atoms with Crippen molar-refractivity contribution in [3.63, 3.8) is 0 Å². The van der Waals surface area contributed by atoms with Crippen molar-refractivity contribution in [3.8, 4) is 0 Å². The molecule has 6 nitrogen and oxygen atoms in total. The molecule has 0 unspecified atom stereocenters. The van der Waals surface area contributed by atoms with Crippen molar-refractivity contribution >= 4 is 5.91 Å². The number of aryl methyl sites for hydroxylation is 3. The maximum absolute atomic E-state index is 13.3. The van der Waals surface area contributed by atoms with Gasteiger partial charge in [-0.1, -0.05) is 6.92 Å². The van der Waals surface area contributed by atoms with Gasteiger partial charge < -0.3 is 4.90 Å². The van der Waals surface area contributed by atoms with Crippen LogP contribution >= 0.6 is 0 Å². The van der Waals surface area contributed by atoms with Crippen LogP contribution in [0.3, 0.4) is 0 Å². The van der Waals surface area contributed by atoms with Crippen LogP contribution in [0.5, 0.6) is 0 Å². The van der Waals surface area contributed by atoms with E-state index < -0.39 is 0 Å². The van der Waals surface area contributed by atoms with Crippen LogP contribution in [-0.2, 0) is 26.4 Å². The summed E-state index contributed by atoms with van der Waals surface area (Å²) < 4.78 is 1.88. The monoisotopic (exact) mass is 343 g/mol. The average Bonchev–Trinajstić information content (AvgIpc) is 3.06. The van der Waals surface area contributed by atoms with Crippen molar-refractivity contribution in [2.24, 2.45) is 13.0 Å². The predicted molar refractivity (Wildman–Crippen MR) is 97.5 cm³/mol. The number of aromatic nitrogens is 4. The van der Waals surface area contributed by atoms with E-state index in [0.717, 1.165) is 47.5 Å². The second kappa shape index (κ2) is 6.65. The van der Waals surface area contributed by atoms with Crippen molar-refractivity contribution in [1.29, 1.82) is 0 Å². The van der Waals surface area contributed by atoms with E-state index in [2.05, 4.69) is 43.0 Å². The summed E-state index contributed by atoms with van der Waals surface area (Å²) in [6, 6.07) is 0.0971. The second-order valence-corrected chi connectivity index (χ2v) is 7.68. The molecule has 25 heavy (non-hydrogen) atoms. The number of hydrogen-bond donors (Lipinski definition) is 1. The molecule has 0 aromatic carbocycles. The number of H-pyrrole nitrogens is 1. The Balaban J connectivity index is 1.91. The van der Waals surface area contributed by atoms with Crippen LogP contribution in [-0.4, -0.2) is 36.8 Å². The minimum Gasteiger partial charge on any atom is -0.330 e. The number of nitrogens with one attached hydrogen (secondary N) is 1. The predicted octanol–water partition coefficient (Wildman–Crippen LogP) is 2.94. The van der Waals surface area contributed by atoms with Crippen LogP contribution in [0, 0.1) is 19.8 Å². The molecule has 2 heterocycles. The first kappa shape index (κ1) is 17.7. The Labute approximate surface area is 149 Å². The number of rotatable bonds is 4. The van der Waals surface area contributed by atoms with Gasteiger partial charge in [-0.2, -0.15) is 10.2 Å². The standard InChI is InChI=1S/C19H29N5O/c1-11(2)24(10-16-13(4)22-23(6)14(16)5)19(25)18-15-9-12(3)7-8-17(15)20-21-18/h11-12H,7-10H2,1-6H3,(H,20,21)/t12-/m1/s1. The highest BCUT2D eigenvalue weighted by atomic mass is 16.2. The molecule has 0 radical (unpaired) electrons. The third-order valence-corrected chi connectivity index (χ3v) is 5.47. The Kier molecular flexibility index (Phi) is 4.71. The van der Waals surface area contributed by atoms with Gasteiger partial charge in [-0.3, -0.25) is 14.6 Å². The van der Waals surface area contributed by atoms with Crippen molar-refractivity contribution in [2.75, 3.05) is 0 Å². The molecule has 1 N–H and O–H groups in total. The first-order valence-corrected chi connectivity index (χ1v) is 9.15. The lowest BCUT2D eigenvalue weighted by atomic mass is 9.87. The quantitative estimate of drug-likeness (QED) is 0.928. The first-order valence-electron chi connectivity index (χ1n) is 9.15. The maximum Gasteiger partial charge on any atom is 0.275 e. The summed E-state index contributed by atoms with van der Waals surface area (Å²) in [5, 5.41) is 12.0. The molecule has 1 aliphatic carbocycles. The largest absolute Gasteiger partial charge is 0.330 e. The highest BCUT2D eigenvalue weighted by Gasteiger charge is 2.29. The van der Waals surface area contributed by atoms with E-state index in [1.54, 1.807) is 0 Å². The minimum absolute atomic E-state index is 0.0178. The molecular weight excluding hydrogens is 314 g/mol. The molecule has 136 valence electrons. The van der Waals surface area contributed by atoms with Crippen LogP contribution in [0.4, 0.5) is 0 Å². The molecule has 2 aromatic heterocycles. The lowest BCUT2D eigenvalue weighted by Gasteiger charge is -2.27. The third-order valence-electron chi connectivity index (χ3n) is 5.47. The molecular formula is C19H29N5O. The SMILES string of the molecule is Cc1nn(C)c(C)c1CN(C(=O)c1n[nH]c2c1C[C@H](C)CC2)C(C)C. The number of fused-ring (bicyclic) bond motifs is 1. The van der Waals surface area contributed by atoms with Crippen LogP contribution in [0.2, 0.25) is 0 Å². The Morgan fingerprint density at radius 3 is 2.72 bits per heavy atom. The zero-order valence-corrected chi connectivity index (χ0v) is 16.2. The molecule has 0 aliphatic heterocycles. The van der Waals surface area contributed by atoms with E-state index in [9.17, 15) is 4.79 Å². The van der Waals surface area contributed by atoms with E-state index in [0.29, 0.717) is 18.2 Å². The molecule has 3 rings (SSSR count). The molecule has 1 atom stereocenters. The number of carbonyl (C=O) groups excluding carboxylic acids is 1. The number of hydrogen-bond acceptors (Lipinski definition) is 3. The van der Waals surface area contributed by atoms with Gasteiger partial charge in [-0.05, 0) is 52.9 Å². The number of aromatic amines is 1.